The summed E-state index contributed by atoms with van der Waals surface area (Å²) in [6.45, 7) is 10.1. The minimum absolute atomic E-state index is 0.396. The first-order chi connectivity index (χ1) is 12.2. The fourth-order valence-corrected chi connectivity index (χ4v) is 3.82. The van der Waals surface area contributed by atoms with Crippen LogP contribution < -0.4 is 5.32 Å². The highest BCUT2D eigenvalue weighted by Crippen LogP contribution is 2.30. The average Bonchev–Trinajstić information content (AvgIpc) is 2.65. The number of aromatic nitrogens is 3. The summed E-state index contributed by atoms with van der Waals surface area (Å²) in [6, 6.07) is 0.396. The van der Waals surface area contributed by atoms with Crippen molar-refractivity contribution in [2.24, 2.45) is 0 Å². The van der Waals surface area contributed by atoms with Crippen molar-refractivity contribution < 1.29 is 0 Å². The molecular formula is C20H31N5. The minimum Gasteiger partial charge on any atom is -0.367 e. The van der Waals surface area contributed by atoms with Crippen molar-refractivity contribution in [2.75, 3.05) is 25.0 Å². The molecule has 2 aromatic rings. The molecule has 5 nitrogen and oxygen atoms in total. The zero-order valence-corrected chi connectivity index (χ0v) is 15.9. The van der Waals surface area contributed by atoms with Crippen LogP contribution in [0, 0.1) is 0 Å². The third kappa shape index (κ3) is 4.27. The average molecular weight is 342 g/mol. The van der Waals surface area contributed by atoms with Crippen LogP contribution in [0.1, 0.15) is 57.6 Å². The monoisotopic (exact) mass is 341 g/mol. The molecule has 0 saturated carbocycles. The molecule has 3 rings (SSSR count). The maximum absolute atomic E-state index is 4.57. The summed E-state index contributed by atoms with van der Waals surface area (Å²) in [7, 11) is 0. The van der Waals surface area contributed by atoms with Gasteiger partial charge in [-0.25, -0.2) is 15.0 Å². The summed E-state index contributed by atoms with van der Waals surface area (Å²) < 4.78 is 0. The Bertz CT molecular complexity index is 696. The van der Waals surface area contributed by atoms with Crippen LogP contribution in [0.25, 0.3) is 11.0 Å². The van der Waals surface area contributed by atoms with E-state index in [9.17, 15) is 0 Å². The third-order valence-electron chi connectivity index (χ3n) is 5.37. The molecule has 0 spiro atoms. The van der Waals surface area contributed by atoms with Gasteiger partial charge in [0.2, 0.25) is 0 Å². The maximum atomic E-state index is 4.57. The maximum Gasteiger partial charge on any atom is 0.164 e. The molecule has 1 aliphatic rings. The lowest BCUT2D eigenvalue weighted by Crippen LogP contribution is -2.26. The quantitative estimate of drug-likeness (QED) is 0.791. The normalized spacial score (nSPS) is 15.4. The molecule has 1 aliphatic carbocycles. The predicted octanol–water partition coefficient (Wildman–Crippen LogP) is 3.83. The first-order valence-electron chi connectivity index (χ1n) is 9.83. The SMILES string of the molecule is CCN(CC)CCCC(C)Nc1ncnc2ncc3c(c12)CCCC3. The van der Waals surface area contributed by atoms with Crippen molar-refractivity contribution in [3.63, 3.8) is 0 Å². The van der Waals surface area contributed by atoms with E-state index in [1.54, 1.807) is 6.33 Å². The Kier molecular flexibility index (Phi) is 6.19. The molecule has 0 bridgehead atoms. The Balaban J connectivity index is 1.73. The number of hydrogen-bond acceptors (Lipinski definition) is 5. The zero-order chi connectivity index (χ0) is 17.6. The molecule has 0 amide bonds. The van der Waals surface area contributed by atoms with E-state index < -0.39 is 0 Å². The third-order valence-corrected chi connectivity index (χ3v) is 5.37. The number of nitrogens with one attached hydrogen (secondary N) is 1. The van der Waals surface area contributed by atoms with Crippen LogP contribution >= 0.6 is 0 Å². The van der Waals surface area contributed by atoms with Crippen LogP contribution in [0.2, 0.25) is 0 Å². The van der Waals surface area contributed by atoms with Crippen molar-refractivity contribution in [1.29, 1.82) is 0 Å². The summed E-state index contributed by atoms with van der Waals surface area (Å²) in [5.74, 6) is 0.964. The van der Waals surface area contributed by atoms with Gasteiger partial charge < -0.3 is 10.2 Å². The number of fused-ring (bicyclic) bond motifs is 3. The highest BCUT2D eigenvalue weighted by molar-refractivity contribution is 5.90. The van der Waals surface area contributed by atoms with Crippen molar-refractivity contribution >= 4 is 16.9 Å². The van der Waals surface area contributed by atoms with Gasteiger partial charge in [0.25, 0.3) is 0 Å². The Morgan fingerprint density at radius 1 is 1.12 bits per heavy atom. The second-order valence-electron chi connectivity index (χ2n) is 7.10. The molecular weight excluding hydrogens is 310 g/mol. The summed E-state index contributed by atoms with van der Waals surface area (Å²) >= 11 is 0. The number of nitrogens with zero attached hydrogens (tertiary/aromatic N) is 4. The zero-order valence-electron chi connectivity index (χ0n) is 15.9. The molecule has 0 aliphatic heterocycles. The fraction of sp³-hybridized carbons (Fsp3) is 0.650. The summed E-state index contributed by atoms with van der Waals surface area (Å²) in [5.41, 5.74) is 3.62. The molecule has 0 aromatic carbocycles. The predicted molar refractivity (Wildman–Crippen MR) is 104 cm³/mol. The van der Waals surface area contributed by atoms with Crippen molar-refractivity contribution in [1.82, 2.24) is 19.9 Å². The van der Waals surface area contributed by atoms with E-state index in [4.69, 9.17) is 0 Å². The highest BCUT2D eigenvalue weighted by Gasteiger charge is 2.18. The van der Waals surface area contributed by atoms with Gasteiger partial charge in [0, 0.05) is 12.2 Å². The number of rotatable bonds is 8. The van der Waals surface area contributed by atoms with Gasteiger partial charge in [0.15, 0.2) is 5.65 Å². The van der Waals surface area contributed by atoms with Gasteiger partial charge in [-0.2, -0.15) is 0 Å². The topological polar surface area (TPSA) is 53.9 Å². The summed E-state index contributed by atoms with van der Waals surface area (Å²) in [5, 5.41) is 4.78. The Hall–Kier alpha value is -1.75. The summed E-state index contributed by atoms with van der Waals surface area (Å²) in [6.07, 6.45) is 10.8. The summed E-state index contributed by atoms with van der Waals surface area (Å²) in [4.78, 5) is 16.0. The van der Waals surface area contributed by atoms with Gasteiger partial charge in [0.1, 0.15) is 12.1 Å². The van der Waals surface area contributed by atoms with Gasteiger partial charge in [0.05, 0.1) is 5.39 Å². The van der Waals surface area contributed by atoms with Gasteiger partial charge in [-0.05, 0) is 76.2 Å². The molecule has 25 heavy (non-hydrogen) atoms. The minimum atomic E-state index is 0.396. The first-order valence-corrected chi connectivity index (χ1v) is 9.83. The fourth-order valence-electron chi connectivity index (χ4n) is 3.82. The van der Waals surface area contributed by atoms with Crippen molar-refractivity contribution in [3.05, 3.63) is 23.7 Å². The van der Waals surface area contributed by atoms with Gasteiger partial charge in [-0.3, -0.25) is 0 Å². The molecule has 1 atom stereocenters. The van der Waals surface area contributed by atoms with Crippen LogP contribution in [0.5, 0.6) is 0 Å². The van der Waals surface area contributed by atoms with E-state index in [1.165, 1.54) is 36.9 Å². The smallest absolute Gasteiger partial charge is 0.164 e. The van der Waals surface area contributed by atoms with E-state index in [-0.39, 0.29) is 0 Å². The van der Waals surface area contributed by atoms with E-state index in [1.807, 2.05) is 6.20 Å². The highest BCUT2D eigenvalue weighted by atomic mass is 15.1. The van der Waals surface area contributed by atoms with Gasteiger partial charge in [-0.15, -0.1) is 0 Å². The molecule has 2 aromatic heterocycles. The molecule has 0 saturated heterocycles. The van der Waals surface area contributed by atoms with Crippen LogP contribution in [0.15, 0.2) is 12.5 Å². The first kappa shape index (κ1) is 18.1. The number of aryl methyl sites for hydroxylation is 2. The van der Waals surface area contributed by atoms with Crippen LogP contribution in [-0.4, -0.2) is 45.5 Å². The molecule has 2 heterocycles. The molecule has 136 valence electrons. The Morgan fingerprint density at radius 2 is 1.92 bits per heavy atom. The Labute approximate surface area is 151 Å². The second kappa shape index (κ2) is 8.56. The molecule has 0 fully saturated rings. The number of hydrogen-bond donors (Lipinski definition) is 1. The van der Waals surface area contributed by atoms with Crippen LogP contribution in [0.3, 0.4) is 0 Å². The lowest BCUT2D eigenvalue weighted by atomic mass is 9.91. The van der Waals surface area contributed by atoms with Crippen molar-refractivity contribution in [3.8, 4) is 0 Å². The van der Waals surface area contributed by atoms with Crippen LogP contribution in [0.4, 0.5) is 5.82 Å². The van der Waals surface area contributed by atoms with Gasteiger partial charge in [-0.1, -0.05) is 13.8 Å². The van der Waals surface area contributed by atoms with E-state index in [0.717, 1.165) is 49.2 Å². The second-order valence-corrected chi connectivity index (χ2v) is 7.10. The van der Waals surface area contributed by atoms with Crippen molar-refractivity contribution in [2.45, 2.75) is 65.3 Å². The van der Waals surface area contributed by atoms with E-state index >= 15 is 0 Å². The van der Waals surface area contributed by atoms with Gasteiger partial charge >= 0.3 is 0 Å². The van der Waals surface area contributed by atoms with Crippen LogP contribution in [-0.2, 0) is 12.8 Å². The molecule has 5 heteroatoms. The Morgan fingerprint density at radius 3 is 2.72 bits per heavy atom. The number of anilines is 1. The largest absolute Gasteiger partial charge is 0.367 e. The van der Waals surface area contributed by atoms with E-state index in [0.29, 0.717) is 6.04 Å². The molecule has 1 N–H and O–H groups in total. The molecule has 1 unspecified atom stereocenters. The number of pyridine rings is 1. The molecule has 0 radical (unpaired) electrons. The lowest BCUT2D eigenvalue weighted by Gasteiger charge is -2.22. The standard InChI is InChI=1S/C20H31N5/c1-4-25(5-2)12-8-9-15(3)24-20-18-17-11-7-6-10-16(17)13-21-19(18)22-14-23-20/h13-15H,4-12H2,1-3H3,(H,21,22,23,24). The van der Waals surface area contributed by atoms with E-state index in [2.05, 4.69) is 45.9 Å². The lowest BCUT2D eigenvalue weighted by molar-refractivity contribution is 0.295.